The van der Waals surface area contributed by atoms with Crippen molar-refractivity contribution in [3.8, 4) is 0 Å². The Labute approximate surface area is 123 Å². The Balaban J connectivity index is 1.97. The molecule has 20 heavy (non-hydrogen) atoms. The van der Waals surface area contributed by atoms with Crippen molar-refractivity contribution >= 4 is 12.9 Å². The molecule has 2 heteroatoms. The fourth-order valence-electron chi connectivity index (χ4n) is 2.14. The maximum atomic E-state index is 4.14. The molecule has 0 bridgehead atoms. The van der Waals surface area contributed by atoms with E-state index in [1.54, 1.807) is 0 Å². The Morgan fingerprint density at radius 3 is 2.45 bits per heavy atom. The Morgan fingerprint density at radius 1 is 1.00 bits per heavy atom. The molecule has 0 aliphatic carbocycles. The van der Waals surface area contributed by atoms with Crippen molar-refractivity contribution in [1.29, 1.82) is 0 Å². The van der Waals surface area contributed by atoms with Crippen LogP contribution in [0.2, 0.25) is 0 Å². The Kier molecular flexibility index (Phi) is 5.17. The van der Waals surface area contributed by atoms with Gasteiger partial charge in [-0.25, -0.2) is 0 Å². The molecule has 0 atom stereocenters. The predicted octanol–water partition coefficient (Wildman–Crippen LogP) is 4.30. The Hall–Kier alpha value is -1.83. The molecule has 0 N–H and O–H groups in total. The first kappa shape index (κ1) is 14.6. The van der Waals surface area contributed by atoms with E-state index in [-0.39, 0.29) is 0 Å². The molecule has 1 aromatic carbocycles. The molecule has 0 spiro atoms. The second-order valence-corrected chi connectivity index (χ2v) is 5.38. The molecule has 0 aliphatic rings. The van der Waals surface area contributed by atoms with Gasteiger partial charge in [0.1, 0.15) is 7.28 Å². The fraction of sp³-hybridized carbons (Fsp3) is 0.278. The average molecular weight is 262 g/mol. The lowest BCUT2D eigenvalue weighted by molar-refractivity contribution is 1.22. The number of rotatable bonds is 5. The van der Waals surface area contributed by atoms with Gasteiger partial charge in [0.05, 0.1) is 0 Å². The molecule has 0 saturated heterocycles. The molecule has 2 rings (SSSR count). The zero-order valence-corrected chi connectivity index (χ0v) is 12.6. The predicted molar refractivity (Wildman–Crippen MR) is 87.8 cm³/mol. The van der Waals surface area contributed by atoms with Gasteiger partial charge in [-0.3, -0.25) is 4.98 Å². The quantitative estimate of drug-likeness (QED) is 0.732. The van der Waals surface area contributed by atoms with Crippen LogP contribution in [0.15, 0.2) is 54.4 Å². The number of pyridine rings is 1. The first-order valence-electron chi connectivity index (χ1n) is 7.11. The van der Waals surface area contributed by atoms with Gasteiger partial charge < -0.3 is 0 Å². The summed E-state index contributed by atoms with van der Waals surface area (Å²) in [5.74, 6) is 0. The van der Waals surface area contributed by atoms with Gasteiger partial charge in [-0.15, -0.1) is 0 Å². The molecular formula is C18H21BN. The summed E-state index contributed by atoms with van der Waals surface area (Å²) in [4.78, 5) is 4.14. The molecule has 1 nitrogen and oxygen atoms in total. The van der Waals surface area contributed by atoms with Crippen LogP contribution < -0.4 is 0 Å². The molecule has 0 amide bonds. The van der Waals surface area contributed by atoms with E-state index in [1.165, 1.54) is 27.8 Å². The van der Waals surface area contributed by atoms with Gasteiger partial charge in [0.25, 0.3) is 0 Å². The van der Waals surface area contributed by atoms with Crippen molar-refractivity contribution < 1.29 is 0 Å². The van der Waals surface area contributed by atoms with Crippen LogP contribution in [0.5, 0.6) is 0 Å². The van der Waals surface area contributed by atoms with Crippen LogP contribution in [0.3, 0.4) is 0 Å². The van der Waals surface area contributed by atoms with Crippen molar-refractivity contribution in [2.24, 2.45) is 0 Å². The molecule has 0 unspecified atom stereocenters. The number of hydrogen-bond acceptors (Lipinski definition) is 1. The van der Waals surface area contributed by atoms with Crippen molar-refractivity contribution in [3.63, 3.8) is 0 Å². The van der Waals surface area contributed by atoms with E-state index in [4.69, 9.17) is 0 Å². The Morgan fingerprint density at radius 2 is 1.75 bits per heavy atom. The van der Waals surface area contributed by atoms with E-state index < -0.39 is 0 Å². The summed E-state index contributed by atoms with van der Waals surface area (Å²) in [6, 6.07) is 12.9. The highest BCUT2D eigenvalue weighted by atomic mass is 14.6. The zero-order valence-electron chi connectivity index (χ0n) is 12.6. The van der Waals surface area contributed by atoms with Crippen LogP contribution >= 0.6 is 0 Å². The summed E-state index contributed by atoms with van der Waals surface area (Å²) in [5, 5.41) is 0. The van der Waals surface area contributed by atoms with Crippen molar-refractivity contribution in [2.45, 2.75) is 33.4 Å². The van der Waals surface area contributed by atoms with Gasteiger partial charge in [-0.2, -0.15) is 0 Å². The maximum Gasteiger partial charge on any atom is 0.121 e. The minimum atomic E-state index is 0.972. The molecule has 0 aliphatic heterocycles. The molecule has 1 heterocycles. The summed E-state index contributed by atoms with van der Waals surface area (Å²) in [6.07, 6.45) is 5.72. The van der Waals surface area contributed by atoms with Gasteiger partial charge >= 0.3 is 0 Å². The lowest BCUT2D eigenvalue weighted by Gasteiger charge is -2.07. The number of benzene rings is 1. The van der Waals surface area contributed by atoms with E-state index >= 15 is 0 Å². The number of aromatic nitrogens is 1. The van der Waals surface area contributed by atoms with Gasteiger partial charge in [0.15, 0.2) is 0 Å². The van der Waals surface area contributed by atoms with Gasteiger partial charge in [-0.05, 0) is 43.5 Å². The molecular weight excluding hydrogens is 241 g/mol. The summed E-state index contributed by atoms with van der Waals surface area (Å²) in [5.41, 5.74) is 6.72. The second kappa shape index (κ2) is 7.09. The molecule has 2 aromatic rings. The smallest absolute Gasteiger partial charge is 0.121 e. The van der Waals surface area contributed by atoms with E-state index in [0.29, 0.717) is 0 Å². The monoisotopic (exact) mass is 262 g/mol. The van der Waals surface area contributed by atoms with Crippen LogP contribution in [0.25, 0.3) is 5.57 Å². The SMILES string of the molecule is CC(C)=C(C)c1cccc(C[B]Cc2cccnc2)c1. The van der Waals surface area contributed by atoms with Crippen LogP contribution in [-0.4, -0.2) is 12.3 Å². The van der Waals surface area contributed by atoms with Crippen LogP contribution in [0, 0.1) is 0 Å². The molecule has 0 saturated carbocycles. The first-order valence-corrected chi connectivity index (χ1v) is 7.11. The topological polar surface area (TPSA) is 12.9 Å². The molecule has 101 valence electrons. The van der Waals surface area contributed by atoms with Crippen LogP contribution in [0.1, 0.15) is 37.5 Å². The third-order valence-electron chi connectivity index (χ3n) is 3.59. The summed E-state index contributed by atoms with van der Waals surface area (Å²) in [6.45, 7) is 6.51. The van der Waals surface area contributed by atoms with Gasteiger partial charge in [0.2, 0.25) is 0 Å². The van der Waals surface area contributed by atoms with E-state index in [0.717, 1.165) is 12.6 Å². The highest BCUT2D eigenvalue weighted by Crippen LogP contribution is 2.19. The third-order valence-corrected chi connectivity index (χ3v) is 3.59. The molecule has 1 radical (unpaired) electrons. The third kappa shape index (κ3) is 4.09. The second-order valence-electron chi connectivity index (χ2n) is 5.38. The Bertz CT molecular complexity index is 583. The van der Waals surface area contributed by atoms with Crippen molar-refractivity contribution in [3.05, 3.63) is 71.1 Å². The minimum absolute atomic E-state index is 0.972. The van der Waals surface area contributed by atoms with Gasteiger partial charge in [-0.1, -0.05) is 54.1 Å². The van der Waals surface area contributed by atoms with Crippen LogP contribution in [-0.2, 0) is 12.6 Å². The minimum Gasteiger partial charge on any atom is -0.264 e. The van der Waals surface area contributed by atoms with Crippen molar-refractivity contribution in [2.75, 3.05) is 0 Å². The zero-order chi connectivity index (χ0) is 14.4. The number of nitrogens with zero attached hydrogens (tertiary/aromatic N) is 1. The number of hydrogen-bond donors (Lipinski definition) is 0. The van der Waals surface area contributed by atoms with Crippen LogP contribution in [0.4, 0.5) is 0 Å². The summed E-state index contributed by atoms with van der Waals surface area (Å²) >= 11 is 0. The van der Waals surface area contributed by atoms with Crippen molar-refractivity contribution in [1.82, 2.24) is 4.98 Å². The average Bonchev–Trinajstić information content (AvgIpc) is 2.48. The maximum absolute atomic E-state index is 4.14. The largest absolute Gasteiger partial charge is 0.264 e. The highest BCUT2D eigenvalue weighted by molar-refractivity contribution is 6.34. The van der Waals surface area contributed by atoms with E-state index in [2.05, 4.69) is 63.4 Å². The fourth-order valence-corrected chi connectivity index (χ4v) is 2.14. The molecule has 1 aromatic heterocycles. The number of allylic oxidation sites excluding steroid dienone is 2. The summed E-state index contributed by atoms with van der Waals surface area (Å²) < 4.78 is 0. The lowest BCUT2D eigenvalue weighted by atomic mass is 9.67. The first-order chi connectivity index (χ1) is 9.66. The highest BCUT2D eigenvalue weighted by Gasteiger charge is 2.01. The van der Waals surface area contributed by atoms with Gasteiger partial charge in [0, 0.05) is 12.4 Å². The standard InChI is InChI=1S/C18H21BN/c1-14(2)15(3)18-8-4-6-16(10-18)11-19-12-17-7-5-9-20-13-17/h4-10,13H,11-12H2,1-3H3. The summed E-state index contributed by atoms with van der Waals surface area (Å²) in [7, 11) is 2.31. The normalized spacial score (nSPS) is 10.2. The lowest BCUT2D eigenvalue weighted by Crippen LogP contribution is -2.02. The molecule has 0 fully saturated rings. The van der Waals surface area contributed by atoms with E-state index in [1.807, 2.05) is 18.5 Å². The van der Waals surface area contributed by atoms with E-state index in [9.17, 15) is 0 Å².